The monoisotopic (exact) mass is 1070 g/mol. The van der Waals surface area contributed by atoms with E-state index in [0.29, 0.717) is 28.8 Å². The van der Waals surface area contributed by atoms with Crippen molar-refractivity contribution >= 4 is 46.4 Å². The van der Waals surface area contributed by atoms with Crippen molar-refractivity contribution in [3.05, 3.63) is 162 Å². The zero-order chi connectivity index (χ0) is 49.7. The average molecular weight is 1070 g/mol. The third-order valence-corrected chi connectivity index (χ3v) is 14.7. The molecule has 10 rings (SSSR count). The van der Waals surface area contributed by atoms with Gasteiger partial charge in [-0.25, -0.2) is 4.98 Å². The van der Waals surface area contributed by atoms with Crippen LogP contribution in [0.5, 0.6) is 0 Å². The molecule has 0 unspecified atom stereocenters. The molecule has 9 aromatic rings. The summed E-state index contributed by atoms with van der Waals surface area (Å²) in [7, 11) is -1.80. The molecule has 0 amide bonds. The number of para-hydroxylation sites is 2. The van der Waals surface area contributed by atoms with Gasteiger partial charge >= 0.3 is 0 Å². The summed E-state index contributed by atoms with van der Waals surface area (Å²) in [6.07, 6.45) is 5.68. The van der Waals surface area contributed by atoms with Crippen LogP contribution < -0.4 is 5.19 Å². The van der Waals surface area contributed by atoms with Crippen LogP contribution in [0.15, 0.2) is 126 Å². The number of furan rings is 1. The number of hydrogen-bond donors (Lipinski definition) is 0. The Balaban J connectivity index is 0.000000200. The van der Waals surface area contributed by atoms with Crippen molar-refractivity contribution in [3.63, 3.8) is 0 Å². The van der Waals surface area contributed by atoms with Crippen LogP contribution in [0.2, 0.25) is 19.6 Å². The molecule has 0 saturated heterocycles. The number of benzene rings is 5. The zero-order valence-electron chi connectivity index (χ0n) is 44.3. The van der Waals surface area contributed by atoms with Crippen LogP contribution in [0, 0.1) is 31.8 Å². The summed E-state index contributed by atoms with van der Waals surface area (Å²) in [5.74, 6) is 1.43. The molecule has 4 heterocycles. The summed E-state index contributed by atoms with van der Waals surface area (Å²) in [4.78, 5) is 14.5. The van der Waals surface area contributed by atoms with E-state index >= 15 is 0 Å². The number of rotatable bonds is 9. The minimum Gasteiger partial charge on any atom is -0.486 e. The molecule has 4 aromatic heterocycles. The molecular formula is C59H62IrN4OSi-2. The van der Waals surface area contributed by atoms with Gasteiger partial charge in [0.25, 0.3) is 0 Å². The molecule has 1 saturated carbocycles. The molecular weight excluding hydrogens is 1000 g/mol. The van der Waals surface area contributed by atoms with Crippen molar-refractivity contribution in [1.29, 1.82) is 0 Å². The molecule has 0 spiro atoms. The molecule has 1 aliphatic carbocycles. The van der Waals surface area contributed by atoms with Crippen molar-refractivity contribution in [1.82, 2.24) is 19.5 Å². The maximum atomic E-state index is 9.03. The van der Waals surface area contributed by atoms with Gasteiger partial charge in [0, 0.05) is 49.9 Å². The molecule has 0 bridgehead atoms. The molecule has 0 atom stereocenters. The number of pyridine rings is 2. The van der Waals surface area contributed by atoms with Crippen molar-refractivity contribution in [2.45, 2.75) is 111 Å². The molecule has 1 radical (unpaired) electrons. The summed E-state index contributed by atoms with van der Waals surface area (Å²) in [6.45, 7) is 15.6. The van der Waals surface area contributed by atoms with Gasteiger partial charge in [0.15, 0.2) is 0 Å². The van der Waals surface area contributed by atoms with Crippen molar-refractivity contribution < 1.29 is 31.4 Å². The number of nitrogens with zero attached hydrogens (tertiary/aromatic N) is 4. The Morgan fingerprint density at radius 2 is 1.53 bits per heavy atom. The van der Waals surface area contributed by atoms with E-state index in [0.717, 1.165) is 80.9 Å². The van der Waals surface area contributed by atoms with Crippen molar-refractivity contribution in [2.75, 3.05) is 0 Å². The van der Waals surface area contributed by atoms with Gasteiger partial charge in [0.2, 0.25) is 5.71 Å². The van der Waals surface area contributed by atoms with Crippen LogP contribution in [0.1, 0.15) is 106 Å². The van der Waals surface area contributed by atoms with E-state index in [-0.39, 0.29) is 31.6 Å². The fourth-order valence-corrected chi connectivity index (χ4v) is 10.7. The summed E-state index contributed by atoms with van der Waals surface area (Å²) >= 11 is 0. The second-order valence-electron chi connectivity index (χ2n) is 19.3. The number of hydrogen-bond acceptors (Lipinski definition) is 4. The van der Waals surface area contributed by atoms with E-state index in [9.17, 15) is 0 Å². The van der Waals surface area contributed by atoms with Gasteiger partial charge in [-0.1, -0.05) is 151 Å². The first-order valence-corrected chi connectivity index (χ1v) is 26.8. The third kappa shape index (κ3) is 9.67. The molecule has 339 valence electrons. The Morgan fingerprint density at radius 1 is 0.803 bits per heavy atom. The molecule has 0 N–H and O–H groups in total. The fraction of sp³-hybridized carbons (Fsp3) is 0.305. The van der Waals surface area contributed by atoms with E-state index in [1.807, 2.05) is 37.4 Å². The first kappa shape index (κ1) is 40.8. The van der Waals surface area contributed by atoms with Crippen LogP contribution in [-0.2, 0) is 26.5 Å². The number of fused-ring (bicyclic) bond motifs is 4. The Hall–Kier alpha value is -5.46. The molecule has 0 aliphatic heterocycles. The van der Waals surface area contributed by atoms with Crippen LogP contribution in [0.3, 0.4) is 0 Å². The van der Waals surface area contributed by atoms with Crippen molar-refractivity contribution in [3.8, 4) is 39.5 Å². The van der Waals surface area contributed by atoms with Gasteiger partial charge in [0.1, 0.15) is 0 Å². The Labute approximate surface area is 413 Å². The first-order chi connectivity index (χ1) is 33.3. The topological polar surface area (TPSA) is 56.7 Å². The standard InChI is InChI=1S/C37H32N3O.C22H30NSi.Ir/c1-22(2)30-20-26(25-12-7-6-8-13-25)21-31(23(3)4)34(30)40-33-17-10-9-16-32(33)39-36(40)29-15-11-14-27-28-19-18-24(5)38-37(28)41-35(27)29;1-17-10-12-19(13-11-17)21-15-20(14-18-8-6-5-7-9-18)22(16-23-21)24(2,3)4;/h6-14,16-23H,1-5H3;10-12,15-16,18H,5-9,14H2,1-4H3;/q2*-1;/i;1D3,14D2;. The van der Waals surface area contributed by atoms with Crippen molar-refractivity contribution in [2.24, 2.45) is 5.92 Å². The zero-order valence-corrected chi connectivity index (χ0v) is 42.7. The summed E-state index contributed by atoms with van der Waals surface area (Å²) in [6, 6.07) is 45.1. The Bertz CT molecular complexity index is 3300. The second kappa shape index (κ2) is 19.8. The van der Waals surface area contributed by atoms with Gasteiger partial charge in [-0.15, -0.1) is 53.6 Å². The minimum absolute atomic E-state index is 0. The van der Waals surface area contributed by atoms with Crippen LogP contribution in [0.4, 0.5) is 0 Å². The predicted octanol–water partition coefficient (Wildman–Crippen LogP) is 15.5. The van der Waals surface area contributed by atoms with E-state index in [1.165, 1.54) is 40.4 Å². The largest absolute Gasteiger partial charge is 0.486 e. The average Bonchev–Trinajstić information content (AvgIpc) is 3.92. The molecule has 7 heteroatoms. The van der Waals surface area contributed by atoms with E-state index in [4.69, 9.17) is 16.3 Å². The van der Waals surface area contributed by atoms with E-state index in [2.05, 4.69) is 147 Å². The summed E-state index contributed by atoms with van der Waals surface area (Å²) in [5.41, 5.74) is 13.7. The number of imidazole rings is 1. The number of aryl methyl sites for hydroxylation is 2. The molecule has 5 aromatic carbocycles. The van der Waals surface area contributed by atoms with Gasteiger partial charge in [-0.2, -0.15) is 0 Å². The Kier molecular flexibility index (Phi) is 12.2. The van der Waals surface area contributed by atoms with Gasteiger partial charge in [0.05, 0.1) is 30.5 Å². The fourth-order valence-electron chi connectivity index (χ4n) is 9.29. The second-order valence-corrected chi connectivity index (χ2v) is 24.3. The van der Waals surface area contributed by atoms with E-state index < -0.39 is 21.3 Å². The molecule has 5 nitrogen and oxygen atoms in total. The number of aromatic nitrogens is 4. The normalized spacial score (nSPS) is 14.9. The summed E-state index contributed by atoms with van der Waals surface area (Å²) in [5, 5.41) is 3.09. The van der Waals surface area contributed by atoms with Gasteiger partial charge in [-0.3, -0.25) is 4.98 Å². The molecule has 66 heavy (non-hydrogen) atoms. The van der Waals surface area contributed by atoms with Crippen LogP contribution in [0.25, 0.3) is 72.6 Å². The van der Waals surface area contributed by atoms with E-state index in [1.54, 1.807) is 12.1 Å². The van der Waals surface area contributed by atoms with Crippen LogP contribution in [-0.4, -0.2) is 27.6 Å². The minimum atomic E-state index is -2.16. The maximum absolute atomic E-state index is 9.03. The van der Waals surface area contributed by atoms with Gasteiger partial charge in [-0.05, 0) is 101 Å². The quantitative estimate of drug-likeness (QED) is 0.107. The summed E-state index contributed by atoms with van der Waals surface area (Å²) < 4.78 is 49.4. The van der Waals surface area contributed by atoms with Gasteiger partial charge < -0.3 is 14.0 Å². The molecule has 1 fully saturated rings. The smallest absolute Gasteiger partial charge is 0.216 e. The van der Waals surface area contributed by atoms with Crippen LogP contribution >= 0.6 is 0 Å². The SMILES string of the molecule is Cc1ccc2c(n1)oc1c(-c3nc4ccccc4n3-c3c(C(C)C)cc(-c4ccccc4)cc3C(C)C)[c-]ccc12.[2H]C([2H])([2H])c1c[c-]c(-c2cc(C([2H])([2H])C3CCCCC3)c([Si](C)(C)C)cn2)cc1.[Ir]. The Morgan fingerprint density at radius 3 is 2.21 bits per heavy atom. The maximum Gasteiger partial charge on any atom is 0.216 e. The third-order valence-electron chi connectivity index (χ3n) is 12.7. The first-order valence-electron chi connectivity index (χ1n) is 25.8. The predicted molar refractivity (Wildman–Crippen MR) is 275 cm³/mol. The molecule has 1 aliphatic rings.